The molecule has 0 spiro atoms. The standard InChI is InChI=1S/C24H25F2N5O4.2ClH/c25-16-12-15-19(13-20(16)30-10-6-28-7-11-30)31(14-21(23(15)32)35-24(33)34)18-3-1-2-17(22(18)26)29-8-4-27-5-9-29;;/h1-3,12-14,27-28H,4-11H2,(H,33,34);2*1H. The second-order valence-corrected chi connectivity index (χ2v) is 8.47. The van der Waals surface area contributed by atoms with Gasteiger partial charge in [0.25, 0.3) is 0 Å². The minimum atomic E-state index is -1.69. The van der Waals surface area contributed by atoms with E-state index in [0.29, 0.717) is 58.0 Å². The molecular formula is C24H27Cl2F2N5O4. The molecule has 0 unspecified atom stereocenters. The van der Waals surface area contributed by atoms with E-state index in [1.165, 1.54) is 16.7 Å². The zero-order valence-electron chi connectivity index (χ0n) is 19.7. The van der Waals surface area contributed by atoms with Gasteiger partial charge < -0.3 is 34.8 Å². The average Bonchev–Trinajstić information content (AvgIpc) is 2.87. The van der Waals surface area contributed by atoms with Crippen LogP contribution in [0, 0.1) is 11.6 Å². The highest BCUT2D eigenvalue weighted by Crippen LogP contribution is 2.31. The Morgan fingerprint density at radius 2 is 1.46 bits per heavy atom. The molecule has 9 nitrogen and oxygen atoms in total. The Hall–Kier alpha value is -3.12. The number of anilines is 2. The monoisotopic (exact) mass is 557 g/mol. The summed E-state index contributed by atoms with van der Waals surface area (Å²) in [7, 11) is 0. The predicted molar refractivity (Wildman–Crippen MR) is 143 cm³/mol. The molecule has 2 saturated heterocycles. The molecule has 3 heterocycles. The third-order valence-corrected chi connectivity index (χ3v) is 6.37. The van der Waals surface area contributed by atoms with E-state index in [1.807, 2.05) is 9.80 Å². The number of hydrogen-bond donors (Lipinski definition) is 3. The topological polar surface area (TPSA) is 99.1 Å². The second-order valence-electron chi connectivity index (χ2n) is 8.47. The summed E-state index contributed by atoms with van der Waals surface area (Å²) in [6, 6.07) is 7.48. The van der Waals surface area contributed by atoms with E-state index in [-0.39, 0.29) is 47.1 Å². The third kappa shape index (κ3) is 5.59. The lowest BCUT2D eigenvalue weighted by atomic mass is 10.1. The van der Waals surface area contributed by atoms with Crippen LogP contribution in [0.4, 0.5) is 25.0 Å². The van der Waals surface area contributed by atoms with Crippen LogP contribution >= 0.6 is 24.8 Å². The Balaban J connectivity index is 0.00000190. The van der Waals surface area contributed by atoms with Gasteiger partial charge in [0.15, 0.2) is 11.6 Å². The molecule has 2 aromatic carbocycles. The quantitative estimate of drug-likeness (QED) is 0.421. The first-order valence-electron chi connectivity index (χ1n) is 11.4. The van der Waals surface area contributed by atoms with Gasteiger partial charge in [0, 0.05) is 52.4 Å². The van der Waals surface area contributed by atoms with Crippen molar-refractivity contribution in [3.8, 4) is 11.4 Å². The number of fused-ring (bicyclic) bond motifs is 1. The first kappa shape index (κ1) is 28.5. The van der Waals surface area contributed by atoms with Crippen LogP contribution in [0.3, 0.4) is 0 Å². The van der Waals surface area contributed by atoms with Crippen molar-refractivity contribution >= 4 is 53.2 Å². The fraction of sp³-hybridized carbons (Fsp3) is 0.333. The van der Waals surface area contributed by atoms with Crippen molar-refractivity contribution in [3.05, 3.63) is 58.4 Å². The highest BCUT2D eigenvalue weighted by Gasteiger charge is 2.23. The van der Waals surface area contributed by atoms with Gasteiger partial charge in [-0.3, -0.25) is 4.79 Å². The maximum atomic E-state index is 15.9. The third-order valence-electron chi connectivity index (χ3n) is 6.37. The summed E-state index contributed by atoms with van der Waals surface area (Å²) in [5.41, 5.74) is 0.236. The van der Waals surface area contributed by atoms with Crippen molar-refractivity contribution in [2.24, 2.45) is 0 Å². The molecule has 13 heteroatoms. The summed E-state index contributed by atoms with van der Waals surface area (Å²) in [6.45, 7) is 5.17. The van der Waals surface area contributed by atoms with Crippen LogP contribution in [0.25, 0.3) is 16.6 Å². The fourth-order valence-corrected chi connectivity index (χ4v) is 4.67. The zero-order chi connectivity index (χ0) is 24.5. The summed E-state index contributed by atoms with van der Waals surface area (Å²) < 4.78 is 37.1. The second kappa shape index (κ2) is 12.0. The van der Waals surface area contributed by atoms with Crippen LogP contribution in [0.5, 0.6) is 5.75 Å². The molecule has 2 fully saturated rings. The molecule has 0 atom stereocenters. The Labute approximate surface area is 223 Å². The van der Waals surface area contributed by atoms with Gasteiger partial charge in [-0.1, -0.05) is 6.07 Å². The highest BCUT2D eigenvalue weighted by molar-refractivity contribution is 5.86. The lowest BCUT2D eigenvalue weighted by molar-refractivity contribution is 0.144. The van der Waals surface area contributed by atoms with Gasteiger partial charge in [0.05, 0.1) is 34.2 Å². The highest BCUT2D eigenvalue weighted by atomic mass is 35.5. The van der Waals surface area contributed by atoms with Crippen molar-refractivity contribution < 1.29 is 23.4 Å². The minimum Gasteiger partial charge on any atom is -0.449 e. The van der Waals surface area contributed by atoms with E-state index >= 15 is 8.78 Å². The number of pyridine rings is 1. The van der Waals surface area contributed by atoms with Crippen LogP contribution in [0.15, 0.2) is 41.3 Å². The number of nitrogens with one attached hydrogen (secondary N) is 2. The summed E-state index contributed by atoms with van der Waals surface area (Å²) >= 11 is 0. The van der Waals surface area contributed by atoms with Crippen molar-refractivity contribution in [1.82, 2.24) is 15.2 Å². The molecule has 3 N–H and O–H groups in total. The number of rotatable bonds is 4. The number of halogens is 4. The largest absolute Gasteiger partial charge is 0.511 e. The Morgan fingerprint density at radius 1 is 0.892 bits per heavy atom. The summed E-state index contributed by atoms with van der Waals surface area (Å²) in [6.07, 6.45) is -0.543. The van der Waals surface area contributed by atoms with Crippen LogP contribution in [0.2, 0.25) is 0 Å². The predicted octanol–water partition coefficient (Wildman–Crippen LogP) is 2.99. The molecule has 200 valence electrons. The maximum absolute atomic E-state index is 15.9. The van der Waals surface area contributed by atoms with Crippen molar-refractivity contribution in [3.63, 3.8) is 0 Å². The first-order valence-corrected chi connectivity index (χ1v) is 11.4. The van der Waals surface area contributed by atoms with Crippen molar-refractivity contribution in [1.29, 1.82) is 0 Å². The minimum absolute atomic E-state index is 0. The van der Waals surface area contributed by atoms with Gasteiger partial charge in [0.1, 0.15) is 5.82 Å². The lowest BCUT2D eigenvalue weighted by Crippen LogP contribution is -2.44. The fourth-order valence-electron chi connectivity index (χ4n) is 4.67. The molecule has 2 aliphatic rings. The molecule has 1 aromatic heterocycles. The number of aromatic nitrogens is 1. The Kier molecular flexibility index (Phi) is 9.19. The molecule has 5 rings (SSSR count). The Morgan fingerprint density at radius 3 is 2.05 bits per heavy atom. The molecule has 0 aliphatic carbocycles. The summed E-state index contributed by atoms with van der Waals surface area (Å²) in [5, 5.41) is 15.5. The number of carboxylic acid groups (broad SMARTS) is 1. The van der Waals surface area contributed by atoms with Crippen molar-refractivity contribution in [2.75, 3.05) is 62.2 Å². The number of nitrogens with zero attached hydrogens (tertiary/aromatic N) is 3. The summed E-state index contributed by atoms with van der Waals surface area (Å²) in [4.78, 5) is 28.0. The van der Waals surface area contributed by atoms with Gasteiger partial charge in [-0.25, -0.2) is 13.6 Å². The van der Waals surface area contributed by atoms with E-state index in [4.69, 9.17) is 5.11 Å². The van der Waals surface area contributed by atoms with Crippen LogP contribution in [-0.2, 0) is 0 Å². The molecule has 0 saturated carbocycles. The molecule has 0 bridgehead atoms. The lowest BCUT2D eigenvalue weighted by Gasteiger charge is -2.31. The number of hydrogen-bond acceptors (Lipinski definition) is 7. The van der Waals surface area contributed by atoms with Crippen LogP contribution in [-0.4, -0.2) is 68.2 Å². The van der Waals surface area contributed by atoms with Gasteiger partial charge in [-0.2, -0.15) is 0 Å². The van der Waals surface area contributed by atoms with E-state index < -0.39 is 29.0 Å². The maximum Gasteiger partial charge on any atom is 0.511 e. The van der Waals surface area contributed by atoms with E-state index in [2.05, 4.69) is 15.4 Å². The number of ether oxygens (including phenoxy) is 1. The van der Waals surface area contributed by atoms with Gasteiger partial charge in [-0.05, 0) is 24.3 Å². The van der Waals surface area contributed by atoms with Crippen LogP contribution in [0.1, 0.15) is 0 Å². The molecule has 0 radical (unpaired) electrons. The number of carbonyl (C=O) groups is 1. The first-order chi connectivity index (χ1) is 16.9. The normalized spacial score (nSPS) is 15.6. The SMILES string of the molecule is Cl.Cl.O=C(O)Oc1cn(-c2cccc(N3CCNCC3)c2F)c2cc(N3CCNCC3)c(F)cc2c1=O. The molecule has 0 amide bonds. The molecule has 2 aliphatic heterocycles. The van der Waals surface area contributed by atoms with Crippen LogP contribution < -0.4 is 30.6 Å². The van der Waals surface area contributed by atoms with E-state index in [1.54, 1.807) is 12.1 Å². The van der Waals surface area contributed by atoms with Gasteiger partial charge in [0.2, 0.25) is 5.43 Å². The van der Waals surface area contributed by atoms with E-state index in [0.717, 1.165) is 12.3 Å². The Bertz CT molecular complexity index is 1340. The van der Waals surface area contributed by atoms with Gasteiger partial charge >= 0.3 is 6.16 Å². The smallest absolute Gasteiger partial charge is 0.449 e. The average molecular weight is 558 g/mol. The number of piperazine rings is 2. The number of benzene rings is 2. The van der Waals surface area contributed by atoms with Crippen molar-refractivity contribution in [2.45, 2.75) is 0 Å². The van der Waals surface area contributed by atoms with E-state index in [9.17, 15) is 9.59 Å². The molecular weight excluding hydrogens is 531 g/mol. The molecule has 37 heavy (non-hydrogen) atoms. The molecule has 3 aromatic rings. The van der Waals surface area contributed by atoms with Gasteiger partial charge in [-0.15, -0.1) is 24.8 Å². The summed E-state index contributed by atoms with van der Waals surface area (Å²) in [5.74, 6) is -1.69. The zero-order valence-corrected chi connectivity index (χ0v) is 21.3.